The van der Waals surface area contributed by atoms with Crippen LogP contribution in [-0.4, -0.2) is 6.04 Å². The van der Waals surface area contributed by atoms with Crippen molar-refractivity contribution in [3.63, 3.8) is 0 Å². The van der Waals surface area contributed by atoms with E-state index in [4.69, 9.17) is 0 Å². The van der Waals surface area contributed by atoms with Crippen molar-refractivity contribution in [2.24, 2.45) is 0 Å². The summed E-state index contributed by atoms with van der Waals surface area (Å²) in [4.78, 5) is 0. The van der Waals surface area contributed by atoms with E-state index >= 15 is 0 Å². The molecule has 0 aromatic heterocycles. The van der Waals surface area contributed by atoms with Crippen molar-refractivity contribution in [2.75, 3.05) is 5.32 Å². The van der Waals surface area contributed by atoms with Gasteiger partial charge in [-0.15, -0.1) is 0 Å². The molecule has 0 amide bonds. The maximum absolute atomic E-state index is 3.58. The third-order valence-electron chi connectivity index (χ3n) is 3.22. The SMILES string of the molecule is C1=C/CC/C=C/C(Nc2ccccc2)C/C=C/CC/1. The molecule has 1 N–H and O–H groups in total. The smallest absolute Gasteiger partial charge is 0.0478 e. The minimum absolute atomic E-state index is 0.391. The summed E-state index contributed by atoms with van der Waals surface area (Å²) in [6.45, 7) is 0. The van der Waals surface area contributed by atoms with Crippen LogP contribution in [0.15, 0.2) is 66.8 Å². The monoisotopic (exact) mass is 253 g/mol. The highest BCUT2D eigenvalue weighted by atomic mass is 14.9. The Kier molecular flexibility index (Phi) is 6.01. The quantitative estimate of drug-likeness (QED) is 0.723. The lowest BCUT2D eigenvalue weighted by Gasteiger charge is -2.15. The van der Waals surface area contributed by atoms with Crippen LogP contribution < -0.4 is 5.32 Å². The number of anilines is 1. The molecule has 100 valence electrons. The number of benzene rings is 1. The zero-order chi connectivity index (χ0) is 13.2. The summed E-state index contributed by atoms with van der Waals surface area (Å²) in [5.41, 5.74) is 1.19. The molecule has 0 spiro atoms. The van der Waals surface area contributed by atoms with Gasteiger partial charge in [0.2, 0.25) is 0 Å². The molecule has 0 saturated carbocycles. The van der Waals surface area contributed by atoms with Crippen LogP contribution in [0.4, 0.5) is 5.69 Å². The van der Waals surface area contributed by atoms with Gasteiger partial charge in [0.1, 0.15) is 0 Å². The maximum Gasteiger partial charge on any atom is 0.0478 e. The number of para-hydroxylation sites is 1. The van der Waals surface area contributed by atoms with Gasteiger partial charge in [0.05, 0.1) is 0 Å². The molecule has 1 heteroatoms. The summed E-state index contributed by atoms with van der Waals surface area (Å²) >= 11 is 0. The molecule has 2 rings (SSSR count). The Labute approximate surface area is 116 Å². The lowest BCUT2D eigenvalue weighted by Crippen LogP contribution is -2.15. The Morgan fingerprint density at radius 2 is 1.37 bits per heavy atom. The molecule has 0 bridgehead atoms. The summed E-state index contributed by atoms with van der Waals surface area (Å²) in [6, 6.07) is 10.8. The van der Waals surface area contributed by atoms with Crippen molar-refractivity contribution in [1.29, 1.82) is 0 Å². The molecule has 1 nitrogen and oxygen atoms in total. The lowest BCUT2D eigenvalue weighted by molar-refractivity contribution is 0.872. The van der Waals surface area contributed by atoms with Crippen LogP contribution in [0, 0.1) is 0 Å². The average Bonchev–Trinajstić information content (AvgIpc) is 2.43. The molecule has 1 atom stereocenters. The van der Waals surface area contributed by atoms with Gasteiger partial charge >= 0.3 is 0 Å². The molecule has 19 heavy (non-hydrogen) atoms. The Morgan fingerprint density at radius 1 is 0.737 bits per heavy atom. The van der Waals surface area contributed by atoms with Crippen molar-refractivity contribution in [1.82, 2.24) is 0 Å². The molecule has 1 aromatic rings. The third-order valence-corrected chi connectivity index (χ3v) is 3.22. The van der Waals surface area contributed by atoms with E-state index in [2.05, 4.69) is 66.0 Å². The Hall–Kier alpha value is -1.76. The molecule has 1 aliphatic carbocycles. The van der Waals surface area contributed by atoms with Gasteiger partial charge in [-0.05, 0) is 44.2 Å². The second-order valence-electron chi connectivity index (χ2n) is 4.88. The van der Waals surface area contributed by atoms with Crippen molar-refractivity contribution in [3.05, 3.63) is 66.8 Å². The molecular weight excluding hydrogens is 230 g/mol. The van der Waals surface area contributed by atoms with Gasteiger partial charge in [0.15, 0.2) is 0 Å². The van der Waals surface area contributed by atoms with Gasteiger partial charge in [-0.3, -0.25) is 0 Å². The molecule has 0 saturated heterocycles. The maximum atomic E-state index is 3.58. The summed E-state index contributed by atoms with van der Waals surface area (Å²) in [7, 11) is 0. The van der Waals surface area contributed by atoms with Gasteiger partial charge in [-0.1, -0.05) is 54.7 Å². The zero-order valence-corrected chi connectivity index (χ0v) is 11.5. The van der Waals surface area contributed by atoms with E-state index in [0.29, 0.717) is 6.04 Å². The van der Waals surface area contributed by atoms with Crippen LogP contribution >= 0.6 is 0 Å². The second-order valence-corrected chi connectivity index (χ2v) is 4.88. The highest BCUT2D eigenvalue weighted by Gasteiger charge is 2.02. The predicted molar refractivity (Wildman–Crippen MR) is 84.4 cm³/mol. The summed E-state index contributed by atoms with van der Waals surface area (Å²) in [5.74, 6) is 0. The van der Waals surface area contributed by atoms with E-state index in [1.165, 1.54) is 5.69 Å². The molecule has 1 aliphatic rings. The molecule has 0 aliphatic heterocycles. The predicted octanol–water partition coefficient (Wildman–Crippen LogP) is 5.10. The van der Waals surface area contributed by atoms with Crippen LogP contribution in [0.3, 0.4) is 0 Å². The Bertz CT molecular complexity index is 428. The molecular formula is C18H23N. The van der Waals surface area contributed by atoms with Gasteiger partial charge in [-0.2, -0.15) is 0 Å². The fourth-order valence-corrected chi connectivity index (χ4v) is 2.18. The van der Waals surface area contributed by atoms with E-state index in [9.17, 15) is 0 Å². The number of hydrogen-bond acceptors (Lipinski definition) is 1. The number of allylic oxidation sites excluding steroid dienone is 4. The zero-order valence-electron chi connectivity index (χ0n) is 11.5. The first-order valence-electron chi connectivity index (χ1n) is 7.23. The topological polar surface area (TPSA) is 12.0 Å². The van der Waals surface area contributed by atoms with Crippen LogP contribution in [0.2, 0.25) is 0 Å². The van der Waals surface area contributed by atoms with Crippen LogP contribution in [0.1, 0.15) is 32.1 Å². The summed E-state index contributed by atoms with van der Waals surface area (Å²) < 4.78 is 0. The van der Waals surface area contributed by atoms with Gasteiger partial charge in [0, 0.05) is 11.7 Å². The van der Waals surface area contributed by atoms with E-state index < -0.39 is 0 Å². The van der Waals surface area contributed by atoms with E-state index in [1.54, 1.807) is 0 Å². The van der Waals surface area contributed by atoms with E-state index in [-0.39, 0.29) is 0 Å². The van der Waals surface area contributed by atoms with Crippen LogP contribution in [0.25, 0.3) is 0 Å². The summed E-state index contributed by atoms with van der Waals surface area (Å²) in [6.07, 6.45) is 19.4. The highest BCUT2D eigenvalue weighted by molar-refractivity contribution is 5.44. The van der Waals surface area contributed by atoms with Gasteiger partial charge in [0.25, 0.3) is 0 Å². The minimum Gasteiger partial charge on any atom is -0.379 e. The standard InChI is InChI=1S/C18H23N/c1-2-4-6-9-13-17(14-10-7-5-3-1)19-18-15-11-8-12-16-18/h1-2,7-13,15-17,19H,3-6,14H2/b2-1+,10-7+,13-9+. The normalized spacial score (nSPS) is 25.6. The van der Waals surface area contributed by atoms with E-state index in [1.807, 2.05) is 6.07 Å². The first kappa shape index (κ1) is 13.7. The number of rotatable bonds is 2. The molecule has 1 unspecified atom stereocenters. The third kappa shape index (κ3) is 5.60. The molecule has 0 fully saturated rings. The minimum atomic E-state index is 0.391. The highest BCUT2D eigenvalue weighted by Crippen LogP contribution is 2.12. The van der Waals surface area contributed by atoms with Crippen molar-refractivity contribution in [3.8, 4) is 0 Å². The van der Waals surface area contributed by atoms with Crippen molar-refractivity contribution < 1.29 is 0 Å². The van der Waals surface area contributed by atoms with Crippen molar-refractivity contribution >= 4 is 5.69 Å². The van der Waals surface area contributed by atoms with Gasteiger partial charge < -0.3 is 5.32 Å². The molecule has 0 radical (unpaired) electrons. The molecule has 0 heterocycles. The Balaban J connectivity index is 1.97. The molecule has 1 aromatic carbocycles. The fraction of sp³-hybridized carbons (Fsp3) is 0.333. The number of nitrogens with one attached hydrogen (secondary N) is 1. The number of hydrogen-bond donors (Lipinski definition) is 1. The second kappa shape index (κ2) is 8.36. The Morgan fingerprint density at radius 3 is 2.11 bits per heavy atom. The largest absolute Gasteiger partial charge is 0.379 e. The van der Waals surface area contributed by atoms with Gasteiger partial charge in [-0.25, -0.2) is 0 Å². The van der Waals surface area contributed by atoms with Crippen LogP contribution in [0.5, 0.6) is 0 Å². The van der Waals surface area contributed by atoms with Crippen molar-refractivity contribution in [2.45, 2.75) is 38.1 Å². The van der Waals surface area contributed by atoms with E-state index in [0.717, 1.165) is 32.1 Å². The lowest BCUT2D eigenvalue weighted by atomic mass is 10.1. The summed E-state index contributed by atoms with van der Waals surface area (Å²) in [5, 5.41) is 3.58. The first-order chi connectivity index (χ1) is 9.45. The first-order valence-corrected chi connectivity index (χ1v) is 7.23. The fourth-order valence-electron chi connectivity index (χ4n) is 2.18. The van der Waals surface area contributed by atoms with Crippen LogP contribution in [-0.2, 0) is 0 Å². The average molecular weight is 253 g/mol.